The van der Waals surface area contributed by atoms with Gasteiger partial charge in [-0.25, -0.2) is 0 Å². The molecule has 0 aromatic heterocycles. The van der Waals surface area contributed by atoms with Gasteiger partial charge in [0.15, 0.2) is 0 Å². The molecule has 0 spiro atoms. The van der Waals surface area contributed by atoms with Crippen LogP contribution in [0.5, 0.6) is 0 Å². The second-order valence-electron chi connectivity index (χ2n) is 3.75. The number of nitrogens with one attached hydrogen (secondary N) is 1. The van der Waals surface area contributed by atoms with E-state index in [-0.39, 0.29) is 0 Å². The van der Waals surface area contributed by atoms with E-state index in [1.54, 1.807) is 0 Å². The van der Waals surface area contributed by atoms with E-state index in [9.17, 15) is 0 Å². The Kier molecular flexibility index (Phi) is 3.39. The van der Waals surface area contributed by atoms with Crippen molar-refractivity contribution in [3.8, 4) is 0 Å². The minimum atomic E-state index is 1.10. The molecule has 0 aliphatic heterocycles. The standard InChI is InChI=1S/C15H15N/c1-13-7-9-14(10-8-13)11-12-16-15-5-3-2-4-6-15/h2-12,16H,1H3/b12-11+. The molecule has 2 aromatic carbocycles. The minimum absolute atomic E-state index is 1.10. The summed E-state index contributed by atoms with van der Waals surface area (Å²) in [5.74, 6) is 0. The number of benzene rings is 2. The zero-order chi connectivity index (χ0) is 11.2. The van der Waals surface area contributed by atoms with E-state index in [1.165, 1.54) is 11.1 Å². The number of anilines is 1. The maximum atomic E-state index is 3.23. The molecule has 0 radical (unpaired) electrons. The molecule has 0 saturated carbocycles. The monoisotopic (exact) mass is 209 g/mol. The third kappa shape index (κ3) is 2.99. The molecule has 2 aromatic rings. The van der Waals surface area contributed by atoms with Crippen LogP contribution in [0.3, 0.4) is 0 Å². The normalized spacial score (nSPS) is 10.6. The average molecular weight is 209 g/mol. The third-order valence-electron chi connectivity index (χ3n) is 2.38. The highest BCUT2D eigenvalue weighted by molar-refractivity contribution is 5.55. The molecule has 1 N–H and O–H groups in total. The topological polar surface area (TPSA) is 12.0 Å². The predicted molar refractivity (Wildman–Crippen MR) is 70.3 cm³/mol. The SMILES string of the molecule is Cc1ccc(/C=C/Nc2ccccc2)cc1. The fourth-order valence-electron chi connectivity index (χ4n) is 1.45. The van der Waals surface area contributed by atoms with Crippen molar-refractivity contribution in [2.24, 2.45) is 0 Å². The van der Waals surface area contributed by atoms with Crippen molar-refractivity contribution in [2.75, 3.05) is 5.32 Å². The van der Waals surface area contributed by atoms with Crippen LogP contribution in [-0.4, -0.2) is 0 Å². The van der Waals surface area contributed by atoms with E-state index in [1.807, 2.05) is 36.5 Å². The summed E-state index contributed by atoms with van der Waals surface area (Å²) in [4.78, 5) is 0. The zero-order valence-corrected chi connectivity index (χ0v) is 9.35. The van der Waals surface area contributed by atoms with Crippen molar-refractivity contribution in [3.63, 3.8) is 0 Å². The Morgan fingerprint density at radius 1 is 0.875 bits per heavy atom. The summed E-state index contributed by atoms with van der Waals surface area (Å²) in [5.41, 5.74) is 3.59. The van der Waals surface area contributed by atoms with Gasteiger partial charge in [-0.1, -0.05) is 48.0 Å². The van der Waals surface area contributed by atoms with Crippen molar-refractivity contribution in [3.05, 3.63) is 71.9 Å². The fourth-order valence-corrected chi connectivity index (χ4v) is 1.45. The molecule has 0 amide bonds. The van der Waals surface area contributed by atoms with E-state index < -0.39 is 0 Å². The molecule has 16 heavy (non-hydrogen) atoms. The largest absolute Gasteiger partial charge is 0.362 e. The average Bonchev–Trinajstić information content (AvgIpc) is 2.33. The van der Waals surface area contributed by atoms with Crippen LogP contribution in [0, 0.1) is 6.92 Å². The second-order valence-corrected chi connectivity index (χ2v) is 3.75. The highest BCUT2D eigenvalue weighted by atomic mass is 14.8. The van der Waals surface area contributed by atoms with Crippen molar-refractivity contribution >= 4 is 11.8 Å². The van der Waals surface area contributed by atoms with Crippen LogP contribution in [0.2, 0.25) is 0 Å². The fraction of sp³-hybridized carbons (Fsp3) is 0.0667. The van der Waals surface area contributed by atoms with Crippen LogP contribution in [-0.2, 0) is 0 Å². The van der Waals surface area contributed by atoms with Crippen LogP contribution in [0.25, 0.3) is 6.08 Å². The van der Waals surface area contributed by atoms with Crippen LogP contribution in [0.1, 0.15) is 11.1 Å². The van der Waals surface area contributed by atoms with E-state index in [0.717, 1.165) is 5.69 Å². The lowest BCUT2D eigenvalue weighted by Gasteiger charge is -1.99. The Morgan fingerprint density at radius 3 is 2.25 bits per heavy atom. The van der Waals surface area contributed by atoms with Crippen molar-refractivity contribution in [2.45, 2.75) is 6.92 Å². The summed E-state index contributed by atoms with van der Waals surface area (Å²) < 4.78 is 0. The lowest BCUT2D eigenvalue weighted by Crippen LogP contribution is -1.85. The molecule has 0 aliphatic rings. The molecule has 0 atom stereocenters. The predicted octanol–water partition coefficient (Wildman–Crippen LogP) is 4.08. The van der Waals surface area contributed by atoms with Crippen LogP contribution in [0.4, 0.5) is 5.69 Å². The first kappa shape index (κ1) is 10.5. The molecule has 1 heteroatoms. The molecule has 80 valence electrons. The zero-order valence-electron chi connectivity index (χ0n) is 9.35. The molecule has 0 aliphatic carbocycles. The molecule has 1 nitrogen and oxygen atoms in total. The molecule has 0 heterocycles. The Morgan fingerprint density at radius 2 is 1.56 bits per heavy atom. The molecule has 0 saturated heterocycles. The number of rotatable bonds is 3. The maximum absolute atomic E-state index is 3.23. The van der Waals surface area contributed by atoms with Gasteiger partial charge in [-0.05, 0) is 30.7 Å². The molecular weight excluding hydrogens is 194 g/mol. The van der Waals surface area contributed by atoms with Gasteiger partial charge in [-0.3, -0.25) is 0 Å². The van der Waals surface area contributed by atoms with Gasteiger partial charge in [0.1, 0.15) is 0 Å². The minimum Gasteiger partial charge on any atom is -0.362 e. The summed E-state index contributed by atoms with van der Waals surface area (Å²) in [6, 6.07) is 18.6. The highest BCUT2D eigenvalue weighted by Crippen LogP contribution is 2.07. The molecule has 0 unspecified atom stereocenters. The Balaban J connectivity index is 1.98. The van der Waals surface area contributed by atoms with E-state index in [4.69, 9.17) is 0 Å². The highest BCUT2D eigenvalue weighted by Gasteiger charge is 1.86. The summed E-state index contributed by atoms with van der Waals surface area (Å²) in [6.45, 7) is 2.09. The van der Waals surface area contributed by atoms with Crippen molar-refractivity contribution < 1.29 is 0 Å². The molecule has 2 rings (SSSR count). The van der Waals surface area contributed by atoms with Crippen LogP contribution < -0.4 is 5.32 Å². The number of hydrogen-bond acceptors (Lipinski definition) is 1. The smallest absolute Gasteiger partial charge is 0.0379 e. The van der Waals surface area contributed by atoms with Gasteiger partial charge in [-0.2, -0.15) is 0 Å². The van der Waals surface area contributed by atoms with Gasteiger partial charge in [-0.15, -0.1) is 0 Å². The van der Waals surface area contributed by atoms with Crippen LogP contribution in [0.15, 0.2) is 60.8 Å². The first-order valence-corrected chi connectivity index (χ1v) is 5.39. The summed E-state index contributed by atoms with van der Waals surface area (Å²) in [5, 5.41) is 3.23. The number of hydrogen-bond donors (Lipinski definition) is 1. The Labute approximate surface area is 96.4 Å². The van der Waals surface area contributed by atoms with Crippen molar-refractivity contribution in [1.82, 2.24) is 0 Å². The molecule has 0 fully saturated rings. The van der Waals surface area contributed by atoms with Crippen molar-refractivity contribution in [1.29, 1.82) is 0 Å². The number of aryl methyl sites for hydroxylation is 1. The quantitative estimate of drug-likeness (QED) is 0.803. The maximum Gasteiger partial charge on any atom is 0.0379 e. The van der Waals surface area contributed by atoms with Gasteiger partial charge < -0.3 is 5.32 Å². The van der Waals surface area contributed by atoms with Gasteiger partial charge >= 0.3 is 0 Å². The second kappa shape index (κ2) is 5.17. The van der Waals surface area contributed by atoms with Gasteiger partial charge in [0.05, 0.1) is 0 Å². The third-order valence-corrected chi connectivity index (χ3v) is 2.38. The molecule has 0 bridgehead atoms. The van der Waals surface area contributed by atoms with Gasteiger partial charge in [0.25, 0.3) is 0 Å². The van der Waals surface area contributed by atoms with Gasteiger partial charge in [0, 0.05) is 11.9 Å². The summed E-state index contributed by atoms with van der Waals surface area (Å²) in [6.07, 6.45) is 4.02. The van der Waals surface area contributed by atoms with Crippen LogP contribution >= 0.6 is 0 Å². The number of para-hydroxylation sites is 1. The van der Waals surface area contributed by atoms with E-state index in [0.29, 0.717) is 0 Å². The van der Waals surface area contributed by atoms with Gasteiger partial charge in [0.2, 0.25) is 0 Å². The lowest BCUT2D eigenvalue weighted by molar-refractivity contribution is 1.46. The Bertz CT molecular complexity index is 455. The Hall–Kier alpha value is -2.02. The molecular formula is C15H15N. The summed E-state index contributed by atoms with van der Waals surface area (Å²) >= 11 is 0. The van der Waals surface area contributed by atoms with E-state index >= 15 is 0 Å². The van der Waals surface area contributed by atoms with E-state index in [2.05, 4.69) is 42.6 Å². The first-order chi connectivity index (χ1) is 7.84. The summed E-state index contributed by atoms with van der Waals surface area (Å²) in [7, 11) is 0. The first-order valence-electron chi connectivity index (χ1n) is 5.39. The lowest BCUT2D eigenvalue weighted by atomic mass is 10.1.